The van der Waals surface area contributed by atoms with Gasteiger partial charge in [0, 0.05) is 17.8 Å². The quantitative estimate of drug-likeness (QED) is 0.417. The van der Waals surface area contributed by atoms with Gasteiger partial charge >= 0.3 is 0 Å². The molecule has 0 spiro atoms. The first-order valence-electron chi connectivity index (χ1n) is 8.28. The molecule has 0 aliphatic heterocycles. The van der Waals surface area contributed by atoms with Crippen molar-refractivity contribution in [2.45, 2.75) is 13.8 Å². The number of nitro groups is 1. The van der Waals surface area contributed by atoms with Crippen LogP contribution in [0, 0.1) is 24.0 Å². The number of nitrogens with one attached hydrogen (secondary N) is 1. The van der Waals surface area contributed by atoms with Crippen molar-refractivity contribution in [3.8, 4) is 5.69 Å². The molecule has 0 aliphatic rings. The predicted octanol–water partition coefficient (Wildman–Crippen LogP) is 3.65. The zero-order chi connectivity index (χ0) is 19.8. The first kappa shape index (κ1) is 17.7. The molecule has 4 rings (SSSR count). The van der Waals surface area contributed by atoms with Crippen molar-refractivity contribution in [2.24, 2.45) is 0 Å². The Morgan fingerprint density at radius 1 is 1.21 bits per heavy atom. The average molecular weight is 394 g/mol. The van der Waals surface area contributed by atoms with Crippen LogP contribution in [0.25, 0.3) is 15.9 Å². The fraction of sp³-hybridized carbons (Fsp3) is 0.111. The summed E-state index contributed by atoms with van der Waals surface area (Å²) in [4.78, 5) is 27.5. The minimum absolute atomic E-state index is 0.0634. The SMILES string of the molecule is Cc1nc2ccc(NC(=O)c3nnn(-c4cccc([N+](=O)[O-])c4)c3C)cc2s1. The highest BCUT2D eigenvalue weighted by molar-refractivity contribution is 7.18. The van der Waals surface area contributed by atoms with Crippen LogP contribution in [0.15, 0.2) is 42.5 Å². The number of carbonyl (C=O) groups is 1. The van der Waals surface area contributed by atoms with E-state index in [1.54, 1.807) is 36.5 Å². The summed E-state index contributed by atoms with van der Waals surface area (Å²) in [5.74, 6) is -0.408. The Morgan fingerprint density at radius 3 is 2.82 bits per heavy atom. The van der Waals surface area contributed by atoms with E-state index in [0.717, 1.165) is 15.2 Å². The Morgan fingerprint density at radius 2 is 2.04 bits per heavy atom. The molecule has 0 radical (unpaired) electrons. The summed E-state index contributed by atoms with van der Waals surface area (Å²) in [6.45, 7) is 3.61. The molecular weight excluding hydrogens is 380 g/mol. The molecule has 10 heteroatoms. The summed E-state index contributed by atoms with van der Waals surface area (Å²) < 4.78 is 2.38. The Balaban J connectivity index is 1.61. The second-order valence-electron chi connectivity index (χ2n) is 6.08. The lowest BCUT2D eigenvalue weighted by molar-refractivity contribution is -0.384. The molecule has 2 heterocycles. The number of rotatable bonds is 4. The highest BCUT2D eigenvalue weighted by Gasteiger charge is 2.19. The van der Waals surface area contributed by atoms with Crippen molar-refractivity contribution >= 4 is 38.8 Å². The van der Waals surface area contributed by atoms with Gasteiger partial charge in [0.15, 0.2) is 5.69 Å². The van der Waals surface area contributed by atoms with Gasteiger partial charge < -0.3 is 5.32 Å². The van der Waals surface area contributed by atoms with Gasteiger partial charge in [-0.1, -0.05) is 11.3 Å². The first-order valence-corrected chi connectivity index (χ1v) is 9.10. The zero-order valence-corrected chi connectivity index (χ0v) is 15.7. The summed E-state index contributed by atoms with van der Waals surface area (Å²) in [6.07, 6.45) is 0. The number of carbonyl (C=O) groups excluding carboxylic acids is 1. The number of nitro benzene ring substituents is 1. The molecule has 0 saturated heterocycles. The van der Waals surface area contributed by atoms with E-state index in [9.17, 15) is 14.9 Å². The lowest BCUT2D eigenvalue weighted by atomic mass is 10.2. The number of nitrogens with zero attached hydrogens (tertiary/aromatic N) is 5. The van der Waals surface area contributed by atoms with E-state index in [2.05, 4.69) is 20.6 Å². The third kappa shape index (κ3) is 3.21. The molecule has 2 aromatic heterocycles. The number of benzene rings is 2. The van der Waals surface area contributed by atoms with E-state index >= 15 is 0 Å². The van der Waals surface area contributed by atoms with Gasteiger partial charge in [-0.3, -0.25) is 14.9 Å². The van der Waals surface area contributed by atoms with Crippen LogP contribution < -0.4 is 5.32 Å². The molecule has 0 unspecified atom stereocenters. The van der Waals surface area contributed by atoms with E-state index in [4.69, 9.17) is 0 Å². The van der Waals surface area contributed by atoms with Gasteiger partial charge in [0.2, 0.25) is 0 Å². The second-order valence-corrected chi connectivity index (χ2v) is 7.32. The third-order valence-electron chi connectivity index (χ3n) is 4.15. The van der Waals surface area contributed by atoms with Crippen LogP contribution in [0.1, 0.15) is 21.2 Å². The number of aryl methyl sites for hydroxylation is 1. The summed E-state index contributed by atoms with van der Waals surface area (Å²) in [5, 5.41) is 22.7. The number of aromatic nitrogens is 4. The number of fused-ring (bicyclic) bond motifs is 1. The molecule has 0 atom stereocenters. The molecule has 9 nitrogen and oxygen atoms in total. The first-order chi connectivity index (χ1) is 13.4. The van der Waals surface area contributed by atoms with E-state index in [0.29, 0.717) is 17.1 Å². The van der Waals surface area contributed by atoms with Gasteiger partial charge in [-0.05, 0) is 38.1 Å². The molecule has 0 saturated carbocycles. The minimum Gasteiger partial charge on any atom is -0.320 e. The number of amides is 1. The van der Waals surface area contributed by atoms with Crippen molar-refractivity contribution in [1.82, 2.24) is 20.0 Å². The van der Waals surface area contributed by atoms with Crippen molar-refractivity contribution in [3.05, 3.63) is 69.0 Å². The maximum atomic E-state index is 12.6. The average Bonchev–Trinajstić information content (AvgIpc) is 3.23. The smallest absolute Gasteiger partial charge is 0.278 e. The molecule has 28 heavy (non-hydrogen) atoms. The number of hydrogen-bond donors (Lipinski definition) is 1. The Bertz CT molecular complexity index is 1230. The summed E-state index contributed by atoms with van der Waals surface area (Å²) in [6, 6.07) is 11.5. The van der Waals surface area contributed by atoms with Crippen LogP contribution in [-0.2, 0) is 0 Å². The van der Waals surface area contributed by atoms with Crippen molar-refractivity contribution in [3.63, 3.8) is 0 Å². The third-order valence-corrected chi connectivity index (χ3v) is 5.08. The monoisotopic (exact) mass is 394 g/mol. The van der Waals surface area contributed by atoms with Gasteiger partial charge in [-0.15, -0.1) is 16.4 Å². The van der Waals surface area contributed by atoms with E-state index in [-0.39, 0.29) is 11.4 Å². The second kappa shape index (κ2) is 6.82. The number of hydrogen-bond acceptors (Lipinski definition) is 7. The molecular formula is C18H14N6O3S. The van der Waals surface area contributed by atoms with Crippen LogP contribution in [0.2, 0.25) is 0 Å². The molecule has 1 amide bonds. The van der Waals surface area contributed by atoms with Crippen molar-refractivity contribution in [1.29, 1.82) is 0 Å². The summed E-state index contributed by atoms with van der Waals surface area (Å²) >= 11 is 1.55. The standard InChI is InChI=1S/C18H14N6O3S/c1-10-17(21-22-23(10)13-4-3-5-14(9-13)24(26)27)18(25)20-12-6-7-15-16(8-12)28-11(2)19-15/h3-9H,1-2H3,(H,20,25). The van der Waals surface area contributed by atoms with Crippen LogP contribution in [0.3, 0.4) is 0 Å². The van der Waals surface area contributed by atoms with Crippen LogP contribution in [0.5, 0.6) is 0 Å². The van der Waals surface area contributed by atoms with Crippen LogP contribution >= 0.6 is 11.3 Å². The number of thiazole rings is 1. The highest BCUT2D eigenvalue weighted by atomic mass is 32.1. The Labute approximate surface area is 162 Å². The molecule has 4 aromatic rings. The molecule has 2 aromatic carbocycles. The fourth-order valence-corrected chi connectivity index (χ4v) is 3.70. The van der Waals surface area contributed by atoms with E-state index in [1.807, 2.05) is 19.1 Å². The van der Waals surface area contributed by atoms with Gasteiger partial charge in [0.25, 0.3) is 11.6 Å². The summed E-state index contributed by atoms with van der Waals surface area (Å²) in [5.41, 5.74) is 2.53. The normalized spacial score (nSPS) is 10.9. The largest absolute Gasteiger partial charge is 0.320 e. The lowest BCUT2D eigenvalue weighted by Gasteiger charge is -2.05. The van der Waals surface area contributed by atoms with Crippen molar-refractivity contribution in [2.75, 3.05) is 5.32 Å². The van der Waals surface area contributed by atoms with Gasteiger partial charge in [-0.25, -0.2) is 9.67 Å². The Kier molecular flexibility index (Phi) is 4.32. The number of anilines is 1. The van der Waals surface area contributed by atoms with E-state index < -0.39 is 10.8 Å². The maximum Gasteiger partial charge on any atom is 0.278 e. The molecule has 0 aliphatic carbocycles. The van der Waals surface area contributed by atoms with Gasteiger partial charge in [0.05, 0.1) is 31.5 Å². The van der Waals surface area contributed by atoms with Gasteiger partial charge in [-0.2, -0.15) is 0 Å². The minimum atomic E-state index is -0.485. The van der Waals surface area contributed by atoms with Crippen molar-refractivity contribution < 1.29 is 9.72 Å². The zero-order valence-electron chi connectivity index (χ0n) is 14.9. The topological polar surface area (TPSA) is 116 Å². The lowest BCUT2D eigenvalue weighted by Crippen LogP contribution is -2.14. The number of non-ortho nitro benzene ring substituents is 1. The summed E-state index contributed by atoms with van der Waals surface area (Å²) in [7, 11) is 0. The molecule has 140 valence electrons. The predicted molar refractivity (Wildman–Crippen MR) is 105 cm³/mol. The Hall–Kier alpha value is -3.66. The molecule has 0 bridgehead atoms. The van der Waals surface area contributed by atoms with E-state index in [1.165, 1.54) is 16.8 Å². The highest BCUT2D eigenvalue weighted by Crippen LogP contribution is 2.25. The van der Waals surface area contributed by atoms with Gasteiger partial charge in [0.1, 0.15) is 0 Å². The maximum absolute atomic E-state index is 12.6. The fourth-order valence-electron chi connectivity index (χ4n) is 2.83. The van der Waals surface area contributed by atoms with Crippen LogP contribution in [-0.4, -0.2) is 30.8 Å². The van der Waals surface area contributed by atoms with Crippen LogP contribution in [0.4, 0.5) is 11.4 Å². The molecule has 1 N–H and O–H groups in total. The molecule has 0 fully saturated rings.